The topological polar surface area (TPSA) is 57.2 Å². The van der Waals surface area contributed by atoms with Crippen molar-refractivity contribution < 1.29 is 24.1 Å². The minimum absolute atomic E-state index is 0.0355. The lowest BCUT2D eigenvalue weighted by Crippen LogP contribution is -2.35. The quantitative estimate of drug-likeness (QED) is 0.216. The van der Waals surface area contributed by atoms with Crippen LogP contribution in [-0.2, 0) is 11.0 Å². The molecular formula is C38H34O5. The highest BCUT2D eigenvalue weighted by atomic mass is 16.5. The van der Waals surface area contributed by atoms with Gasteiger partial charge in [-0.2, -0.15) is 0 Å². The van der Waals surface area contributed by atoms with E-state index in [1.165, 1.54) is 22.3 Å². The minimum Gasteiger partial charge on any atom is -0.497 e. The van der Waals surface area contributed by atoms with Crippen LogP contribution in [0.1, 0.15) is 41.7 Å². The molecule has 5 heteroatoms. The van der Waals surface area contributed by atoms with Gasteiger partial charge in [-0.25, -0.2) is 0 Å². The molecule has 1 aliphatic heterocycles. The molecule has 0 amide bonds. The zero-order valence-corrected chi connectivity index (χ0v) is 24.8. The van der Waals surface area contributed by atoms with E-state index < -0.39 is 5.60 Å². The lowest BCUT2D eigenvalue weighted by molar-refractivity contribution is 0.163. The number of ether oxygens (including phenoxy) is 4. The second kappa shape index (κ2) is 10.2. The fourth-order valence-electron chi connectivity index (χ4n) is 6.82. The van der Waals surface area contributed by atoms with Crippen molar-refractivity contribution >= 4 is 16.8 Å². The number of methoxy groups -OCH3 is 2. The highest BCUT2D eigenvalue weighted by Gasteiger charge is 2.44. The molecule has 0 saturated carbocycles. The van der Waals surface area contributed by atoms with Crippen LogP contribution in [0.3, 0.4) is 0 Å². The summed E-state index contributed by atoms with van der Waals surface area (Å²) in [6.07, 6.45) is 4.42. The van der Waals surface area contributed by atoms with Crippen LogP contribution >= 0.6 is 0 Å². The number of hydrogen-bond acceptors (Lipinski definition) is 5. The second-order valence-corrected chi connectivity index (χ2v) is 11.6. The molecule has 1 atom stereocenters. The fraction of sp³-hybridized carbons (Fsp3) is 0.211. The minimum atomic E-state index is -0.882. The van der Waals surface area contributed by atoms with Gasteiger partial charge in [0.1, 0.15) is 29.6 Å². The van der Waals surface area contributed by atoms with Crippen LogP contribution in [-0.4, -0.2) is 32.5 Å². The van der Waals surface area contributed by atoms with Crippen LogP contribution in [0.25, 0.3) is 28.0 Å². The molecule has 0 aromatic heterocycles. The summed E-state index contributed by atoms with van der Waals surface area (Å²) in [6, 6.07) is 30.9. The zero-order chi connectivity index (χ0) is 29.8. The van der Waals surface area contributed by atoms with Crippen LogP contribution in [0.5, 0.6) is 23.0 Å². The average Bonchev–Trinajstić information content (AvgIpc) is 3.30. The van der Waals surface area contributed by atoms with Gasteiger partial charge in [0.05, 0.1) is 20.8 Å². The molecule has 0 fully saturated rings. The first-order valence-corrected chi connectivity index (χ1v) is 14.6. The SMILES string of the molecule is COc1ccc2c(c1)C(C)(C)c1c3c(c4cc(OC)ccc4c1-2)OC(c1ccccc1)(c1ccc(OCCO)cc1)C=C3. The molecule has 1 aliphatic carbocycles. The number of hydrogen-bond donors (Lipinski definition) is 1. The monoisotopic (exact) mass is 570 g/mol. The molecule has 7 rings (SSSR count). The largest absolute Gasteiger partial charge is 0.497 e. The summed E-state index contributed by atoms with van der Waals surface area (Å²) >= 11 is 0. The van der Waals surface area contributed by atoms with E-state index in [9.17, 15) is 5.11 Å². The summed E-state index contributed by atoms with van der Waals surface area (Å²) in [5, 5.41) is 11.3. The molecule has 5 aromatic carbocycles. The predicted octanol–water partition coefficient (Wildman–Crippen LogP) is 7.88. The Morgan fingerprint density at radius 3 is 2.14 bits per heavy atom. The Kier molecular flexibility index (Phi) is 6.44. The van der Waals surface area contributed by atoms with Crippen LogP contribution in [0, 0.1) is 0 Å². The molecule has 5 nitrogen and oxygen atoms in total. The highest BCUT2D eigenvalue weighted by Crippen LogP contribution is 2.58. The number of aliphatic hydroxyl groups excluding tert-OH is 1. The first-order valence-electron chi connectivity index (χ1n) is 14.6. The molecule has 216 valence electrons. The van der Waals surface area contributed by atoms with Gasteiger partial charge in [0.2, 0.25) is 0 Å². The Morgan fingerprint density at radius 1 is 0.744 bits per heavy atom. The lowest BCUT2D eigenvalue weighted by atomic mass is 9.76. The Labute approximate surface area is 251 Å². The van der Waals surface area contributed by atoms with Crippen molar-refractivity contribution in [3.05, 3.63) is 125 Å². The van der Waals surface area contributed by atoms with Gasteiger partial charge in [-0.3, -0.25) is 0 Å². The Hall–Kier alpha value is -4.74. The number of fused-ring (bicyclic) bond motifs is 8. The van der Waals surface area contributed by atoms with Gasteiger partial charge >= 0.3 is 0 Å². The molecule has 0 radical (unpaired) electrons. The van der Waals surface area contributed by atoms with Crippen LogP contribution in [0.15, 0.2) is 97.1 Å². The van der Waals surface area contributed by atoms with Crippen molar-refractivity contribution in [2.75, 3.05) is 27.4 Å². The van der Waals surface area contributed by atoms with E-state index in [-0.39, 0.29) is 18.6 Å². The van der Waals surface area contributed by atoms with Crippen LogP contribution in [0.2, 0.25) is 0 Å². The molecule has 0 bridgehead atoms. The summed E-state index contributed by atoms with van der Waals surface area (Å²) in [4.78, 5) is 0. The van der Waals surface area contributed by atoms with Crippen molar-refractivity contribution in [3.8, 4) is 34.1 Å². The molecule has 1 N–H and O–H groups in total. The third-order valence-corrected chi connectivity index (χ3v) is 8.89. The maximum atomic E-state index is 9.21. The standard InChI is InChI=1S/C38H34O5/c1-37(2)33-23-28(41-4)15-17-30(33)34-29-16-14-27(40-3)22-32(29)36-31(35(34)37)18-19-38(43-36,24-8-6-5-7-9-24)25-10-12-26(13-11-25)42-21-20-39/h5-19,22-23,39H,20-21H2,1-4H3. The van der Waals surface area contributed by atoms with E-state index in [2.05, 4.69) is 62.4 Å². The smallest absolute Gasteiger partial charge is 0.178 e. The first-order chi connectivity index (χ1) is 20.9. The predicted molar refractivity (Wildman–Crippen MR) is 171 cm³/mol. The van der Waals surface area contributed by atoms with E-state index in [4.69, 9.17) is 18.9 Å². The van der Waals surface area contributed by atoms with Gasteiger partial charge in [0, 0.05) is 27.5 Å². The molecule has 2 aliphatic rings. The summed E-state index contributed by atoms with van der Waals surface area (Å²) in [7, 11) is 3.41. The van der Waals surface area contributed by atoms with E-state index >= 15 is 0 Å². The lowest BCUT2D eigenvalue weighted by Gasteiger charge is -2.38. The molecule has 1 heterocycles. The van der Waals surface area contributed by atoms with Gasteiger partial charge in [-0.05, 0) is 76.2 Å². The highest BCUT2D eigenvalue weighted by molar-refractivity contribution is 6.09. The summed E-state index contributed by atoms with van der Waals surface area (Å²) in [6.45, 7) is 4.78. The zero-order valence-electron chi connectivity index (χ0n) is 24.8. The number of rotatable bonds is 7. The number of aliphatic hydroxyl groups is 1. The van der Waals surface area contributed by atoms with Crippen molar-refractivity contribution in [3.63, 3.8) is 0 Å². The van der Waals surface area contributed by atoms with Crippen LogP contribution < -0.4 is 18.9 Å². The molecule has 43 heavy (non-hydrogen) atoms. The molecular weight excluding hydrogens is 536 g/mol. The Bertz CT molecular complexity index is 1870. The van der Waals surface area contributed by atoms with Crippen molar-refractivity contribution in [1.29, 1.82) is 0 Å². The average molecular weight is 571 g/mol. The Balaban J connectivity index is 1.50. The third kappa shape index (κ3) is 4.10. The summed E-state index contributed by atoms with van der Waals surface area (Å²) < 4.78 is 24.4. The maximum Gasteiger partial charge on any atom is 0.178 e. The van der Waals surface area contributed by atoms with E-state index in [0.29, 0.717) is 5.75 Å². The van der Waals surface area contributed by atoms with Crippen molar-refractivity contribution in [1.82, 2.24) is 0 Å². The molecule has 1 unspecified atom stereocenters. The summed E-state index contributed by atoms with van der Waals surface area (Å²) in [5.74, 6) is 3.15. The Morgan fingerprint density at radius 2 is 1.42 bits per heavy atom. The van der Waals surface area contributed by atoms with Crippen molar-refractivity contribution in [2.24, 2.45) is 0 Å². The van der Waals surface area contributed by atoms with Gasteiger partial charge in [0.15, 0.2) is 5.60 Å². The molecule has 0 saturated heterocycles. The van der Waals surface area contributed by atoms with Crippen molar-refractivity contribution in [2.45, 2.75) is 24.9 Å². The van der Waals surface area contributed by atoms with Gasteiger partial charge < -0.3 is 24.1 Å². The number of benzene rings is 5. The van der Waals surface area contributed by atoms with Gasteiger partial charge in [-0.1, -0.05) is 68.5 Å². The molecule has 5 aromatic rings. The first kappa shape index (κ1) is 27.1. The van der Waals surface area contributed by atoms with E-state index in [1.54, 1.807) is 14.2 Å². The van der Waals surface area contributed by atoms with E-state index in [1.807, 2.05) is 54.6 Å². The van der Waals surface area contributed by atoms with E-state index in [0.717, 1.165) is 44.7 Å². The second-order valence-electron chi connectivity index (χ2n) is 11.6. The molecule has 0 spiro atoms. The fourth-order valence-corrected chi connectivity index (χ4v) is 6.82. The van der Waals surface area contributed by atoms with Crippen LogP contribution in [0.4, 0.5) is 0 Å². The normalized spacial score (nSPS) is 17.5. The summed E-state index contributed by atoms with van der Waals surface area (Å²) in [5.41, 5.74) is 6.82. The van der Waals surface area contributed by atoms with Gasteiger partial charge in [-0.15, -0.1) is 0 Å². The maximum absolute atomic E-state index is 9.21. The third-order valence-electron chi connectivity index (χ3n) is 8.89. The van der Waals surface area contributed by atoms with Gasteiger partial charge in [0.25, 0.3) is 0 Å².